The fraction of sp³-hybridized carbons (Fsp3) is 0.250. The van der Waals surface area contributed by atoms with Crippen LogP contribution >= 0.6 is 0 Å². The molecule has 0 saturated carbocycles. The van der Waals surface area contributed by atoms with E-state index in [-0.39, 0.29) is 11.7 Å². The van der Waals surface area contributed by atoms with Gasteiger partial charge in [-0.15, -0.1) is 0 Å². The summed E-state index contributed by atoms with van der Waals surface area (Å²) in [5, 5.41) is 3.28. The first kappa shape index (κ1) is 13.3. The van der Waals surface area contributed by atoms with E-state index < -0.39 is 0 Å². The predicted molar refractivity (Wildman–Crippen MR) is 77.2 cm³/mol. The maximum atomic E-state index is 11.8. The van der Waals surface area contributed by atoms with E-state index in [1.165, 1.54) is 0 Å². The second kappa shape index (κ2) is 6.14. The molecule has 2 rings (SSSR count). The van der Waals surface area contributed by atoms with E-state index in [2.05, 4.69) is 10.3 Å². The summed E-state index contributed by atoms with van der Waals surface area (Å²) >= 11 is 0. The molecule has 2 aromatic rings. The molecule has 1 aromatic carbocycles. The van der Waals surface area contributed by atoms with Gasteiger partial charge in [0, 0.05) is 23.4 Å². The van der Waals surface area contributed by atoms with Gasteiger partial charge in [0.25, 0.3) is 0 Å². The lowest BCUT2D eigenvalue weighted by Crippen LogP contribution is -2.07. The lowest BCUT2D eigenvalue weighted by molar-refractivity contribution is 0.0939. The van der Waals surface area contributed by atoms with Gasteiger partial charge in [-0.05, 0) is 36.4 Å². The minimum Gasteiger partial charge on any atom is -0.379 e. The molecule has 0 spiro atoms. The first-order valence-corrected chi connectivity index (χ1v) is 6.45. The smallest absolute Gasteiger partial charge is 0.165 e. The van der Waals surface area contributed by atoms with Gasteiger partial charge in [-0.1, -0.05) is 19.9 Å². The van der Waals surface area contributed by atoms with Crippen LogP contribution in [0.2, 0.25) is 0 Å². The molecule has 0 radical (unpaired) electrons. The van der Waals surface area contributed by atoms with Crippen LogP contribution in [0.5, 0.6) is 0 Å². The van der Waals surface area contributed by atoms with E-state index in [4.69, 9.17) is 0 Å². The number of anilines is 1. The van der Waals surface area contributed by atoms with Gasteiger partial charge in [0.2, 0.25) is 0 Å². The highest BCUT2D eigenvalue weighted by Crippen LogP contribution is 2.13. The van der Waals surface area contributed by atoms with Crippen molar-refractivity contribution >= 4 is 11.5 Å². The van der Waals surface area contributed by atoms with E-state index in [1.54, 1.807) is 6.20 Å². The van der Waals surface area contributed by atoms with Gasteiger partial charge in [-0.3, -0.25) is 9.78 Å². The molecular weight excluding hydrogens is 236 g/mol. The predicted octanol–water partition coefficient (Wildman–Crippen LogP) is 3.53. The van der Waals surface area contributed by atoms with Crippen molar-refractivity contribution in [3.05, 3.63) is 59.9 Å². The third-order valence-corrected chi connectivity index (χ3v) is 2.89. The second-order valence-corrected chi connectivity index (χ2v) is 4.77. The first-order chi connectivity index (χ1) is 9.16. The van der Waals surface area contributed by atoms with Crippen LogP contribution in [0, 0.1) is 5.92 Å². The molecule has 3 nitrogen and oxygen atoms in total. The van der Waals surface area contributed by atoms with E-state index in [1.807, 2.05) is 56.3 Å². The third-order valence-electron chi connectivity index (χ3n) is 2.89. The van der Waals surface area contributed by atoms with Crippen LogP contribution in [0.15, 0.2) is 48.7 Å². The van der Waals surface area contributed by atoms with Crippen LogP contribution < -0.4 is 5.32 Å². The number of hydrogen-bond acceptors (Lipinski definition) is 3. The molecule has 19 heavy (non-hydrogen) atoms. The Balaban J connectivity index is 1.98. The number of benzene rings is 1. The van der Waals surface area contributed by atoms with Gasteiger partial charge in [0.15, 0.2) is 5.78 Å². The maximum absolute atomic E-state index is 11.8. The summed E-state index contributed by atoms with van der Waals surface area (Å²) in [7, 11) is 0. The summed E-state index contributed by atoms with van der Waals surface area (Å²) in [6.45, 7) is 4.50. The average Bonchev–Trinajstić information content (AvgIpc) is 2.46. The number of ketones is 1. The van der Waals surface area contributed by atoms with Gasteiger partial charge < -0.3 is 5.32 Å². The molecule has 0 aliphatic heterocycles. The lowest BCUT2D eigenvalue weighted by Gasteiger charge is -2.08. The molecule has 0 fully saturated rings. The van der Waals surface area contributed by atoms with Crippen LogP contribution in [0.25, 0.3) is 0 Å². The van der Waals surface area contributed by atoms with Gasteiger partial charge in [-0.2, -0.15) is 0 Å². The molecule has 0 aliphatic carbocycles. The normalized spacial score (nSPS) is 10.5. The van der Waals surface area contributed by atoms with Crippen LogP contribution in [-0.4, -0.2) is 10.8 Å². The highest BCUT2D eigenvalue weighted by Gasteiger charge is 2.09. The lowest BCUT2D eigenvalue weighted by atomic mass is 10.0. The number of aromatic nitrogens is 1. The fourth-order valence-corrected chi connectivity index (χ4v) is 1.78. The van der Waals surface area contributed by atoms with Crippen molar-refractivity contribution in [1.82, 2.24) is 4.98 Å². The van der Waals surface area contributed by atoms with Crippen molar-refractivity contribution in [1.29, 1.82) is 0 Å². The zero-order valence-corrected chi connectivity index (χ0v) is 11.3. The Labute approximate surface area is 113 Å². The number of Topliss-reactive ketones (excluding diaryl/α,β-unsaturated/α-hetero) is 1. The molecule has 0 saturated heterocycles. The summed E-state index contributed by atoms with van der Waals surface area (Å²) in [5.41, 5.74) is 2.74. The van der Waals surface area contributed by atoms with E-state index in [9.17, 15) is 4.79 Å². The molecule has 0 unspecified atom stereocenters. The number of carbonyl (C=O) groups excluding carboxylic acids is 1. The van der Waals surface area contributed by atoms with Crippen LogP contribution in [0.3, 0.4) is 0 Å². The van der Waals surface area contributed by atoms with Crippen molar-refractivity contribution < 1.29 is 4.79 Å². The zero-order chi connectivity index (χ0) is 13.7. The standard InChI is InChI=1S/C16H18N2O/c1-12(2)16(19)13-6-8-14(9-7-13)18-11-15-5-3-4-10-17-15/h3-10,12,18H,11H2,1-2H3. The molecule has 0 aliphatic rings. The van der Waals surface area contributed by atoms with Crippen LogP contribution in [-0.2, 0) is 6.54 Å². The number of hydrogen-bond donors (Lipinski definition) is 1. The molecular formula is C16H18N2O. The Bertz CT molecular complexity index is 532. The first-order valence-electron chi connectivity index (χ1n) is 6.45. The van der Waals surface area contributed by atoms with Crippen molar-refractivity contribution in [2.24, 2.45) is 5.92 Å². The van der Waals surface area contributed by atoms with Crippen molar-refractivity contribution in [3.63, 3.8) is 0 Å². The summed E-state index contributed by atoms with van der Waals surface area (Å²) in [6, 6.07) is 13.4. The summed E-state index contributed by atoms with van der Waals surface area (Å²) in [6.07, 6.45) is 1.78. The van der Waals surface area contributed by atoms with Gasteiger partial charge in [0.1, 0.15) is 0 Å². The molecule has 0 amide bonds. The largest absolute Gasteiger partial charge is 0.379 e. The molecule has 1 N–H and O–H groups in total. The third kappa shape index (κ3) is 3.65. The van der Waals surface area contributed by atoms with E-state index in [0.717, 1.165) is 16.9 Å². The van der Waals surface area contributed by atoms with Crippen molar-refractivity contribution in [2.75, 3.05) is 5.32 Å². The summed E-state index contributed by atoms with van der Waals surface area (Å²) in [4.78, 5) is 16.1. The molecule has 98 valence electrons. The number of rotatable bonds is 5. The van der Waals surface area contributed by atoms with Gasteiger partial charge >= 0.3 is 0 Å². The molecule has 1 aromatic heterocycles. The quantitative estimate of drug-likeness (QED) is 0.830. The SMILES string of the molecule is CC(C)C(=O)c1ccc(NCc2ccccn2)cc1. The number of carbonyl (C=O) groups is 1. The van der Waals surface area contributed by atoms with E-state index in [0.29, 0.717) is 6.54 Å². The Hall–Kier alpha value is -2.16. The average molecular weight is 254 g/mol. The number of pyridine rings is 1. The van der Waals surface area contributed by atoms with Crippen LogP contribution in [0.1, 0.15) is 29.9 Å². The van der Waals surface area contributed by atoms with Gasteiger partial charge in [0.05, 0.1) is 12.2 Å². The van der Waals surface area contributed by atoms with E-state index >= 15 is 0 Å². The maximum Gasteiger partial charge on any atom is 0.165 e. The highest BCUT2D eigenvalue weighted by atomic mass is 16.1. The molecule has 0 atom stereocenters. The summed E-state index contributed by atoms with van der Waals surface area (Å²) < 4.78 is 0. The number of nitrogens with one attached hydrogen (secondary N) is 1. The van der Waals surface area contributed by atoms with Gasteiger partial charge in [-0.25, -0.2) is 0 Å². The highest BCUT2D eigenvalue weighted by molar-refractivity contribution is 5.97. The number of nitrogens with zero attached hydrogens (tertiary/aromatic N) is 1. The molecule has 1 heterocycles. The molecule has 3 heteroatoms. The summed E-state index contributed by atoms with van der Waals surface area (Å²) in [5.74, 6) is 0.212. The Morgan fingerprint density at radius 2 is 1.89 bits per heavy atom. The zero-order valence-electron chi connectivity index (χ0n) is 11.3. The monoisotopic (exact) mass is 254 g/mol. The molecule has 0 bridgehead atoms. The Morgan fingerprint density at radius 3 is 2.47 bits per heavy atom. The van der Waals surface area contributed by atoms with Crippen LogP contribution in [0.4, 0.5) is 5.69 Å². The minimum absolute atomic E-state index is 0.0346. The topological polar surface area (TPSA) is 42.0 Å². The Morgan fingerprint density at radius 1 is 1.16 bits per heavy atom. The fourth-order valence-electron chi connectivity index (χ4n) is 1.78. The Kier molecular flexibility index (Phi) is 4.29. The van der Waals surface area contributed by atoms with Crippen molar-refractivity contribution in [3.8, 4) is 0 Å². The minimum atomic E-state index is 0.0346. The second-order valence-electron chi connectivity index (χ2n) is 4.77. The van der Waals surface area contributed by atoms with Crippen molar-refractivity contribution in [2.45, 2.75) is 20.4 Å².